The van der Waals surface area contributed by atoms with Crippen LogP contribution in [-0.4, -0.2) is 53.1 Å². The molecule has 3 amide bonds. The van der Waals surface area contributed by atoms with E-state index in [0.29, 0.717) is 18.7 Å². The second kappa shape index (κ2) is 9.30. The van der Waals surface area contributed by atoms with Crippen molar-refractivity contribution in [3.63, 3.8) is 0 Å². The summed E-state index contributed by atoms with van der Waals surface area (Å²) in [7, 11) is 0. The maximum absolute atomic E-state index is 14.1. The first-order valence-electron chi connectivity index (χ1n) is 11.9. The standard InChI is InChI=1S/C28H27N5O3/c1-19-14-20(16-21(15-19)25(35)32-13-12-30-24(34)18-32)17-33-26(36)28(31-27(33)29,22-8-4-2-5-9-22)23-10-6-3-7-11-23/h2-11,14-16H,12-13,17-18H2,1H3,(H2,29,31)(H,30,34)/p+1. The summed E-state index contributed by atoms with van der Waals surface area (Å²) in [6.45, 7) is 3.03. The Morgan fingerprint density at radius 3 is 2.25 bits per heavy atom. The van der Waals surface area contributed by atoms with E-state index in [-0.39, 0.29) is 36.8 Å². The van der Waals surface area contributed by atoms with Crippen LogP contribution in [0.4, 0.5) is 0 Å². The number of nitrogens with zero attached hydrogens (tertiary/aromatic N) is 2. The minimum atomic E-state index is -1.16. The van der Waals surface area contributed by atoms with Crippen LogP contribution < -0.4 is 16.0 Å². The number of piperazine rings is 1. The summed E-state index contributed by atoms with van der Waals surface area (Å²) in [4.78, 5) is 45.3. The van der Waals surface area contributed by atoms with E-state index < -0.39 is 5.54 Å². The van der Waals surface area contributed by atoms with Crippen LogP contribution in [0, 0.1) is 6.92 Å². The zero-order chi connectivity index (χ0) is 25.3. The highest BCUT2D eigenvalue weighted by atomic mass is 16.2. The summed E-state index contributed by atoms with van der Waals surface area (Å²) in [6, 6.07) is 24.5. The van der Waals surface area contributed by atoms with Gasteiger partial charge in [0.15, 0.2) is 0 Å². The first-order valence-corrected chi connectivity index (χ1v) is 11.9. The Labute approximate surface area is 209 Å². The zero-order valence-corrected chi connectivity index (χ0v) is 20.0. The van der Waals surface area contributed by atoms with Gasteiger partial charge in [-0.3, -0.25) is 25.1 Å². The quantitative estimate of drug-likeness (QED) is 0.484. The molecule has 8 nitrogen and oxygen atoms in total. The van der Waals surface area contributed by atoms with Crippen molar-refractivity contribution in [2.75, 3.05) is 19.6 Å². The number of nitrogens with two attached hydrogens (primary N) is 1. The van der Waals surface area contributed by atoms with Gasteiger partial charge in [-0.05, 0) is 30.2 Å². The molecular formula is C28H28N5O3+. The Kier molecular flexibility index (Phi) is 6.01. The van der Waals surface area contributed by atoms with Gasteiger partial charge in [0.25, 0.3) is 5.91 Å². The van der Waals surface area contributed by atoms with Gasteiger partial charge in [0.05, 0.1) is 6.54 Å². The molecule has 0 atom stereocenters. The number of hydrogen-bond donors (Lipinski definition) is 3. The summed E-state index contributed by atoms with van der Waals surface area (Å²) < 4.78 is 0. The minimum absolute atomic E-state index is 0.0358. The Morgan fingerprint density at radius 2 is 1.64 bits per heavy atom. The van der Waals surface area contributed by atoms with E-state index in [4.69, 9.17) is 5.73 Å². The normalized spacial score (nSPS) is 17.1. The number of amides is 3. The molecule has 0 radical (unpaired) electrons. The first-order chi connectivity index (χ1) is 17.4. The van der Waals surface area contributed by atoms with Crippen molar-refractivity contribution in [1.29, 1.82) is 0 Å². The highest BCUT2D eigenvalue weighted by Gasteiger charge is 2.54. The lowest BCUT2D eigenvalue weighted by molar-refractivity contribution is -0.525. The van der Waals surface area contributed by atoms with E-state index in [0.717, 1.165) is 22.3 Å². The van der Waals surface area contributed by atoms with E-state index in [2.05, 4.69) is 10.3 Å². The Balaban J connectivity index is 1.48. The molecule has 3 aromatic rings. The number of guanidine groups is 1. The summed E-state index contributed by atoms with van der Waals surface area (Å²) in [5, 5.41) is 2.73. The van der Waals surface area contributed by atoms with Gasteiger partial charge in [0, 0.05) is 29.8 Å². The fourth-order valence-electron chi connectivity index (χ4n) is 4.97. The molecule has 0 saturated carbocycles. The molecule has 2 aliphatic heterocycles. The van der Waals surface area contributed by atoms with E-state index in [1.54, 1.807) is 12.1 Å². The van der Waals surface area contributed by atoms with E-state index in [1.807, 2.05) is 73.7 Å². The molecule has 2 aliphatic rings. The van der Waals surface area contributed by atoms with Gasteiger partial charge in [-0.25, -0.2) is 0 Å². The molecule has 4 N–H and O–H groups in total. The fraction of sp³-hybridized carbons (Fsp3) is 0.214. The molecule has 0 bridgehead atoms. The van der Waals surface area contributed by atoms with Crippen molar-refractivity contribution in [3.05, 3.63) is 107 Å². The van der Waals surface area contributed by atoms with Gasteiger partial charge in [0.1, 0.15) is 6.54 Å². The number of carbonyl (C=O) groups is 3. The van der Waals surface area contributed by atoms with Crippen molar-refractivity contribution in [2.45, 2.75) is 19.0 Å². The van der Waals surface area contributed by atoms with Crippen molar-refractivity contribution < 1.29 is 19.4 Å². The van der Waals surface area contributed by atoms with Gasteiger partial charge >= 0.3 is 11.9 Å². The van der Waals surface area contributed by atoms with Crippen molar-refractivity contribution >= 4 is 23.7 Å². The number of hydrogen-bond acceptors (Lipinski definition) is 4. The van der Waals surface area contributed by atoms with Crippen LogP contribution in [0.3, 0.4) is 0 Å². The van der Waals surface area contributed by atoms with Crippen molar-refractivity contribution in [1.82, 2.24) is 15.1 Å². The average Bonchev–Trinajstić information content (AvgIpc) is 3.14. The lowest BCUT2D eigenvalue weighted by Gasteiger charge is -2.27. The summed E-state index contributed by atoms with van der Waals surface area (Å²) in [5.41, 5.74) is 8.98. The lowest BCUT2D eigenvalue weighted by Crippen LogP contribution is -2.85. The molecule has 36 heavy (non-hydrogen) atoms. The Bertz CT molecular complexity index is 1310. The molecule has 2 heterocycles. The molecule has 0 aromatic heterocycles. The molecular weight excluding hydrogens is 454 g/mol. The highest BCUT2D eigenvalue weighted by molar-refractivity contribution is 6.04. The van der Waals surface area contributed by atoms with Gasteiger partial charge in [0.2, 0.25) is 11.4 Å². The molecule has 0 spiro atoms. The van der Waals surface area contributed by atoms with Crippen LogP contribution >= 0.6 is 0 Å². The second-order valence-electron chi connectivity index (χ2n) is 9.17. The van der Waals surface area contributed by atoms with Gasteiger partial charge in [-0.2, -0.15) is 4.90 Å². The number of carbonyl (C=O) groups excluding carboxylic acids is 3. The largest absolute Gasteiger partial charge is 0.353 e. The molecule has 1 fully saturated rings. The second-order valence-corrected chi connectivity index (χ2v) is 9.17. The summed E-state index contributed by atoms with van der Waals surface area (Å²) >= 11 is 0. The van der Waals surface area contributed by atoms with Gasteiger partial charge < -0.3 is 10.2 Å². The molecule has 0 aliphatic carbocycles. The van der Waals surface area contributed by atoms with E-state index in [9.17, 15) is 14.4 Å². The van der Waals surface area contributed by atoms with Crippen LogP contribution in [0.1, 0.15) is 32.6 Å². The number of aryl methyl sites for hydroxylation is 1. The predicted molar refractivity (Wildman–Crippen MR) is 134 cm³/mol. The Hall–Kier alpha value is -4.46. The maximum atomic E-state index is 14.1. The van der Waals surface area contributed by atoms with E-state index >= 15 is 0 Å². The third-order valence-corrected chi connectivity index (χ3v) is 6.64. The predicted octanol–water partition coefficient (Wildman–Crippen LogP) is 0.248. The average molecular weight is 483 g/mol. The molecule has 5 rings (SSSR count). The van der Waals surface area contributed by atoms with Gasteiger partial charge in [-0.15, -0.1) is 0 Å². The van der Waals surface area contributed by atoms with Crippen molar-refractivity contribution in [3.8, 4) is 0 Å². The topological polar surface area (TPSA) is 110 Å². The van der Waals surface area contributed by atoms with Gasteiger partial charge in [-0.1, -0.05) is 66.7 Å². The molecule has 0 unspecified atom stereocenters. The third kappa shape index (κ3) is 4.11. The monoisotopic (exact) mass is 482 g/mol. The van der Waals surface area contributed by atoms with Crippen LogP contribution in [-0.2, 0) is 21.7 Å². The smallest absolute Gasteiger partial charge is 0.352 e. The molecule has 3 aromatic carbocycles. The fourth-order valence-corrected chi connectivity index (χ4v) is 4.97. The summed E-state index contributed by atoms with van der Waals surface area (Å²) in [5.74, 6) is -0.327. The zero-order valence-electron chi connectivity index (χ0n) is 20.0. The van der Waals surface area contributed by atoms with Crippen LogP contribution in [0.5, 0.6) is 0 Å². The minimum Gasteiger partial charge on any atom is -0.353 e. The first kappa shape index (κ1) is 23.3. The molecule has 8 heteroatoms. The number of benzene rings is 3. The van der Waals surface area contributed by atoms with Crippen LogP contribution in [0.2, 0.25) is 0 Å². The lowest BCUT2D eigenvalue weighted by atomic mass is 9.83. The maximum Gasteiger partial charge on any atom is 0.352 e. The SMILES string of the molecule is Cc1cc(CN2C(=O)C(c3ccccc3)(c3ccccc3)[NH+]=C2N)cc(C(=O)N2CCNC(=O)C2)c1. The molecule has 182 valence electrons. The van der Waals surface area contributed by atoms with Crippen LogP contribution in [0.25, 0.3) is 0 Å². The van der Waals surface area contributed by atoms with E-state index in [1.165, 1.54) is 9.80 Å². The number of nitrogens with one attached hydrogen (secondary N) is 2. The summed E-state index contributed by atoms with van der Waals surface area (Å²) in [6.07, 6.45) is 0. The van der Waals surface area contributed by atoms with Crippen LogP contribution in [0.15, 0.2) is 78.9 Å². The third-order valence-electron chi connectivity index (χ3n) is 6.64. The number of rotatable bonds is 5. The molecule has 1 saturated heterocycles. The Morgan fingerprint density at radius 1 is 1.00 bits per heavy atom. The highest BCUT2D eigenvalue weighted by Crippen LogP contribution is 2.30. The van der Waals surface area contributed by atoms with Crippen molar-refractivity contribution in [2.24, 2.45) is 5.73 Å².